The van der Waals surface area contributed by atoms with Crippen LogP contribution in [0.5, 0.6) is 0 Å². The molecule has 0 saturated carbocycles. The summed E-state index contributed by atoms with van der Waals surface area (Å²) in [5.74, 6) is 1.50. The van der Waals surface area contributed by atoms with Gasteiger partial charge in [-0.3, -0.25) is 9.89 Å². The number of fused-ring (bicyclic) bond motifs is 1. The van der Waals surface area contributed by atoms with Gasteiger partial charge in [0.1, 0.15) is 5.82 Å². The topological polar surface area (TPSA) is 79.2 Å². The van der Waals surface area contributed by atoms with Crippen molar-refractivity contribution in [2.24, 2.45) is 0 Å². The third kappa shape index (κ3) is 2.48. The summed E-state index contributed by atoms with van der Waals surface area (Å²) in [5.41, 5.74) is 1.64. The Morgan fingerprint density at radius 1 is 1.35 bits per heavy atom. The van der Waals surface area contributed by atoms with Crippen LogP contribution in [0.15, 0.2) is 30.9 Å². The van der Waals surface area contributed by atoms with Crippen LogP contribution < -0.4 is 0 Å². The van der Waals surface area contributed by atoms with E-state index in [-0.39, 0.29) is 11.9 Å². The average Bonchev–Trinajstić information content (AvgIpc) is 3.22. The van der Waals surface area contributed by atoms with E-state index >= 15 is 0 Å². The van der Waals surface area contributed by atoms with E-state index in [1.54, 1.807) is 12.5 Å². The van der Waals surface area contributed by atoms with Crippen LogP contribution in [0.3, 0.4) is 0 Å². The zero-order valence-corrected chi connectivity index (χ0v) is 12.9. The molecule has 0 spiro atoms. The van der Waals surface area contributed by atoms with Gasteiger partial charge in [0.15, 0.2) is 5.82 Å². The lowest BCUT2D eigenvalue weighted by Crippen LogP contribution is -2.39. The second kappa shape index (κ2) is 5.49. The van der Waals surface area contributed by atoms with Crippen molar-refractivity contribution in [3.63, 3.8) is 0 Å². The summed E-state index contributed by atoms with van der Waals surface area (Å²) in [6.45, 7) is 2.61. The fourth-order valence-electron chi connectivity index (χ4n) is 3.16. The van der Waals surface area contributed by atoms with Gasteiger partial charge in [-0.15, -0.1) is 0 Å². The van der Waals surface area contributed by atoms with Crippen LogP contribution in [0.1, 0.15) is 47.3 Å². The molecule has 0 unspecified atom stereocenters. The van der Waals surface area contributed by atoms with Gasteiger partial charge in [-0.2, -0.15) is 5.10 Å². The maximum atomic E-state index is 13.0. The molecule has 0 aromatic carbocycles. The van der Waals surface area contributed by atoms with Crippen molar-refractivity contribution >= 4 is 11.4 Å². The summed E-state index contributed by atoms with van der Waals surface area (Å²) in [4.78, 5) is 23.4. The lowest BCUT2D eigenvalue weighted by molar-refractivity contribution is 0.0600. The second-order valence-corrected chi connectivity index (χ2v) is 5.93. The largest absolute Gasteiger partial charge is 0.328 e. The number of hydrogen-bond donors (Lipinski definition) is 1. The van der Waals surface area contributed by atoms with Crippen molar-refractivity contribution in [3.05, 3.63) is 48.1 Å². The molecule has 1 aliphatic heterocycles. The highest BCUT2D eigenvalue weighted by Crippen LogP contribution is 2.30. The molecule has 1 amide bonds. The van der Waals surface area contributed by atoms with Crippen LogP contribution in [0.2, 0.25) is 0 Å². The molecular formula is C16H18N6O. The maximum absolute atomic E-state index is 13.0. The number of H-pyrrole nitrogens is 1. The first kappa shape index (κ1) is 13.9. The number of imidazole rings is 1. The fraction of sp³-hybridized carbons (Fsp3) is 0.375. The maximum Gasteiger partial charge on any atom is 0.255 e. The Morgan fingerprint density at radius 2 is 2.26 bits per heavy atom. The molecule has 7 heteroatoms. The van der Waals surface area contributed by atoms with Crippen molar-refractivity contribution in [2.45, 2.75) is 32.2 Å². The lowest BCUT2D eigenvalue weighted by atomic mass is 10.0. The molecule has 4 rings (SSSR count). The number of likely N-dealkylation sites (tertiary alicyclic amines) is 1. The highest BCUT2D eigenvalue weighted by atomic mass is 16.2. The molecular weight excluding hydrogens is 292 g/mol. The number of carbonyl (C=O) groups is 1. The third-order valence-corrected chi connectivity index (χ3v) is 4.33. The summed E-state index contributed by atoms with van der Waals surface area (Å²) in [6, 6.07) is 3.71. The second-order valence-electron chi connectivity index (χ2n) is 5.93. The van der Waals surface area contributed by atoms with Crippen molar-refractivity contribution in [1.29, 1.82) is 0 Å². The third-order valence-electron chi connectivity index (χ3n) is 4.33. The van der Waals surface area contributed by atoms with Crippen LogP contribution in [-0.4, -0.2) is 41.9 Å². The summed E-state index contributed by atoms with van der Waals surface area (Å²) in [6.07, 6.45) is 8.31. The van der Waals surface area contributed by atoms with Gasteiger partial charge in [-0.1, -0.05) is 0 Å². The van der Waals surface area contributed by atoms with Gasteiger partial charge < -0.3 is 9.30 Å². The van der Waals surface area contributed by atoms with Gasteiger partial charge in [-0.05, 0) is 38.3 Å². The molecule has 1 N–H and O–H groups in total. The van der Waals surface area contributed by atoms with E-state index in [9.17, 15) is 4.79 Å². The van der Waals surface area contributed by atoms with E-state index in [0.29, 0.717) is 11.4 Å². The SMILES string of the molecule is Cc1nc([C@H]2CCCCN2C(=O)c2ccc3cncn3c2)n[nH]1. The molecule has 7 nitrogen and oxygen atoms in total. The van der Waals surface area contributed by atoms with Crippen molar-refractivity contribution in [1.82, 2.24) is 29.5 Å². The standard InChI is InChI=1S/C16H18N6O/c1-11-18-15(20-19-11)14-4-2-3-7-22(14)16(23)12-5-6-13-8-17-10-21(13)9-12/h5-6,8-10,14H,2-4,7H2,1H3,(H,18,19,20)/t14-/m1/s1. The number of piperidine rings is 1. The minimum atomic E-state index is -0.0558. The monoisotopic (exact) mass is 310 g/mol. The number of pyridine rings is 1. The Kier molecular flexibility index (Phi) is 3.33. The van der Waals surface area contributed by atoms with E-state index in [0.717, 1.165) is 37.1 Å². The fourth-order valence-corrected chi connectivity index (χ4v) is 3.16. The normalized spacial score (nSPS) is 18.5. The molecule has 4 heterocycles. The minimum Gasteiger partial charge on any atom is -0.328 e. The molecule has 23 heavy (non-hydrogen) atoms. The first-order valence-electron chi connectivity index (χ1n) is 7.84. The molecule has 118 valence electrons. The van der Waals surface area contributed by atoms with Gasteiger partial charge in [0, 0.05) is 12.7 Å². The number of amides is 1. The Hall–Kier alpha value is -2.70. The quantitative estimate of drug-likeness (QED) is 0.786. The van der Waals surface area contributed by atoms with Crippen LogP contribution >= 0.6 is 0 Å². The van der Waals surface area contributed by atoms with Crippen LogP contribution in [0, 0.1) is 6.92 Å². The predicted molar refractivity (Wildman–Crippen MR) is 83.9 cm³/mol. The highest BCUT2D eigenvalue weighted by Gasteiger charge is 2.31. The number of aromatic nitrogens is 5. The summed E-state index contributed by atoms with van der Waals surface area (Å²) in [5, 5.41) is 7.14. The van der Waals surface area contributed by atoms with Gasteiger partial charge in [-0.25, -0.2) is 9.97 Å². The summed E-state index contributed by atoms with van der Waals surface area (Å²) in [7, 11) is 0. The Balaban J connectivity index is 1.66. The Morgan fingerprint density at radius 3 is 3.09 bits per heavy atom. The van der Waals surface area contributed by atoms with Crippen LogP contribution in [0.4, 0.5) is 0 Å². The number of aromatic amines is 1. The smallest absolute Gasteiger partial charge is 0.255 e. The number of carbonyl (C=O) groups excluding carboxylic acids is 1. The van der Waals surface area contributed by atoms with E-state index in [2.05, 4.69) is 20.2 Å². The number of rotatable bonds is 2. The zero-order chi connectivity index (χ0) is 15.8. The predicted octanol–water partition coefficient (Wildman–Crippen LogP) is 2.13. The van der Waals surface area contributed by atoms with Gasteiger partial charge in [0.2, 0.25) is 0 Å². The molecule has 1 fully saturated rings. The number of hydrogen-bond acceptors (Lipinski definition) is 4. The Bertz CT molecular complexity index is 851. The van der Waals surface area contributed by atoms with Gasteiger partial charge in [0.25, 0.3) is 5.91 Å². The highest BCUT2D eigenvalue weighted by molar-refractivity contribution is 5.94. The molecule has 1 aliphatic rings. The van der Waals surface area contributed by atoms with Crippen LogP contribution in [0.25, 0.3) is 5.52 Å². The van der Waals surface area contributed by atoms with Gasteiger partial charge in [0.05, 0.1) is 29.6 Å². The van der Waals surface area contributed by atoms with Crippen LogP contribution in [-0.2, 0) is 0 Å². The molecule has 3 aromatic heterocycles. The summed E-state index contributed by atoms with van der Waals surface area (Å²) < 4.78 is 1.86. The molecule has 1 atom stereocenters. The van der Waals surface area contributed by atoms with E-state index in [1.807, 2.05) is 34.6 Å². The molecule has 3 aromatic rings. The molecule has 1 saturated heterocycles. The molecule has 0 aliphatic carbocycles. The van der Waals surface area contributed by atoms with Crippen molar-refractivity contribution < 1.29 is 4.79 Å². The van der Waals surface area contributed by atoms with E-state index in [4.69, 9.17) is 0 Å². The number of aryl methyl sites for hydroxylation is 1. The van der Waals surface area contributed by atoms with Crippen molar-refractivity contribution in [3.8, 4) is 0 Å². The number of nitrogens with zero attached hydrogens (tertiary/aromatic N) is 5. The van der Waals surface area contributed by atoms with E-state index < -0.39 is 0 Å². The zero-order valence-electron chi connectivity index (χ0n) is 12.9. The first-order chi connectivity index (χ1) is 11.2. The van der Waals surface area contributed by atoms with Gasteiger partial charge >= 0.3 is 0 Å². The minimum absolute atomic E-state index is 0.0211. The van der Waals surface area contributed by atoms with Crippen molar-refractivity contribution in [2.75, 3.05) is 6.54 Å². The summed E-state index contributed by atoms with van der Waals surface area (Å²) >= 11 is 0. The number of nitrogens with one attached hydrogen (secondary N) is 1. The van der Waals surface area contributed by atoms with E-state index in [1.165, 1.54) is 0 Å². The molecule has 0 bridgehead atoms. The average molecular weight is 310 g/mol. The Labute approximate surface area is 133 Å². The first-order valence-corrected chi connectivity index (χ1v) is 7.84. The lowest BCUT2D eigenvalue weighted by Gasteiger charge is -2.34. The molecule has 0 radical (unpaired) electrons.